The van der Waals surface area contributed by atoms with Crippen LogP contribution in [0.25, 0.3) is 0 Å². The number of carbonyl (C=O) groups excluding carboxylic acids is 1. The highest BCUT2D eigenvalue weighted by Crippen LogP contribution is 2.23. The van der Waals surface area contributed by atoms with E-state index in [2.05, 4.69) is 22.5 Å². The van der Waals surface area contributed by atoms with Crippen molar-refractivity contribution < 1.29 is 14.3 Å². The van der Waals surface area contributed by atoms with Crippen molar-refractivity contribution in [2.75, 3.05) is 53.6 Å². The summed E-state index contributed by atoms with van der Waals surface area (Å²) in [7, 11) is 3.52. The minimum atomic E-state index is 0. The van der Waals surface area contributed by atoms with Gasteiger partial charge in [-0.1, -0.05) is 19.8 Å². The maximum Gasteiger partial charge on any atom is 0.243 e. The molecule has 1 saturated heterocycles. The van der Waals surface area contributed by atoms with E-state index in [1.54, 1.807) is 19.0 Å². The monoisotopic (exact) mass is 524 g/mol. The first kappa shape index (κ1) is 26.4. The van der Waals surface area contributed by atoms with Crippen LogP contribution in [0.5, 0.6) is 0 Å². The molecule has 7 nitrogen and oxygen atoms in total. The van der Waals surface area contributed by atoms with Gasteiger partial charge >= 0.3 is 0 Å². The van der Waals surface area contributed by atoms with E-state index in [0.29, 0.717) is 17.9 Å². The van der Waals surface area contributed by atoms with Gasteiger partial charge in [-0.25, -0.2) is 4.99 Å². The van der Waals surface area contributed by atoms with Crippen LogP contribution in [0.4, 0.5) is 0 Å². The lowest BCUT2D eigenvalue weighted by Crippen LogP contribution is -2.48. The molecule has 0 aromatic carbocycles. The molecule has 1 saturated carbocycles. The zero-order chi connectivity index (χ0) is 20.2. The summed E-state index contributed by atoms with van der Waals surface area (Å²) in [6, 6.07) is 0.430. The van der Waals surface area contributed by atoms with Gasteiger partial charge in [0.1, 0.15) is 6.54 Å². The third-order valence-corrected chi connectivity index (χ3v) is 5.76. The van der Waals surface area contributed by atoms with E-state index in [1.807, 2.05) is 0 Å². The number of ether oxygens (including phenoxy) is 2. The van der Waals surface area contributed by atoms with Gasteiger partial charge in [-0.15, -0.1) is 24.0 Å². The van der Waals surface area contributed by atoms with Crippen molar-refractivity contribution >= 4 is 35.8 Å². The normalized spacial score (nSPS) is 23.2. The quantitative estimate of drug-likeness (QED) is 0.210. The molecule has 29 heavy (non-hydrogen) atoms. The van der Waals surface area contributed by atoms with Gasteiger partial charge < -0.3 is 25.0 Å². The van der Waals surface area contributed by atoms with Crippen molar-refractivity contribution in [3.8, 4) is 0 Å². The van der Waals surface area contributed by atoms with Crippen molar-refractivity contribution in [3.05, 3.63) is 0 Å². The molecule has 1 amide bonds. The Morgan fingerprint density at radius 2 is 1.90 bits per heavy atom. The average molecular weight is 524 g/mol. The van der Waals surface area contributed by atoms with Crippen LogP contribution < -0.4 is 10.6 Å². The van der Waals surface area contributed by atoms with Crippen LogP contribution in [-0.2, 0) is 14.3 Å². The van der Waals surface area contributed by atoms with E-state index in [-0.39, 0.29) is 36.4 Å². The third kappa shape index (κ3) is 10.8. The molecule has 1 heterocycles. The zero-order valence-corrected chi connectivity index (χ0v) is 20.8. The van der Waals surface area contributed by atoms with Gasteiger partial charge in [0.25, 0.3) is 0 Å². The number of nitrogens with one attached hydrogen (secondary N) is 2. The Morgan fingerprint density at radius 1 is 1.17 bits per heavy atom. The van der Waals surface area contributed by atoms with Crippen LogP contribution in [0.1, 0.15) is 51.9 Å². The second-order valence-corrected chi connectivity index (χ2v) is 8.38. The van der Waals surface area contributed by atoms with E-state index in [9.17, 15) is 4.79 Å². The number of aliphatic imine (C=N–C) groups is 1. The zero-order valence-electron chi connectivity index (χ0n) is 18.5. The van der Waals surface area contributed by atoms with Crippen molar-refractivity contribution in [3.63, 3.8) is 0 Å². The number of amides is 1. The Balaban J connectivity index is 0.00000420. The highest BCUT2D eigenvalue weighted by atomic mass is 127. The molecule has 0 radical (unpaired) electrons. The molecule has 2 atom stereocenters. The van der Waals surface area contributed by atoms with E-state index in [0.717, 1.165) is 64.6 Å². The summed E-state index contributed by atoms with van der Waals surface area (Å²) in [5.74, 6) is 2.04. The van der Waals surface area contributed by atoms with Crippen LogP contribution in [0.2, 0.25) is 0 Å². The van der Waals surface area contributed by atoms with Crippen LogP contribution in [0.3, 0.4) is 0 Å². The molecule has 0 spiro atoms. The molecule has 2 fully saturated rings. The van der Waals surface area contributed by atoms with E-state index >= 15 is 0 Å². The summed E-state index contributed by atoms with van der Waals surface area (Å²) in [6.45, 7) is 6.57. The maximum absolute atomic E-state index is 11.9. The fraction of sp³-hybridized carbons (Fsp3) is 0.905. The Morgan fingerprint density at radius 3 is 2.59 bits per heavy atom. The highest BCUT2D eigenvalue weighted by molar-refractivity contribution is 14.0. The first-order chi connectivity index (χ1) is 13.6. The standard InChI is InChI=1S/C21H40N4O3.HI/c1-17-7-4-5-8-19(17)24-21(23-15-20(26)25(2)3)22-11-6-12-28-16-18-9-13-27-14-10-18;/h17-19H,4-16H2,1-3H3,(H2,22,23,24);1H. The third-order valence-electron chi connectivity index (χ3n) is 5.76. The Labute approximate surface area is 193 Å². The smallest absolute Gasteiger partial charge is 0.243 e. The molecule has 1 aliphatic heterocycles. The van der Waals surface area contributed by atoms with Crippen molar-refractivity contribution in [1.29, 1.82) is 0 Å². The highest BCUT2D eigenvalue weighted by Gasteiger charge is 2.22. The van der Waals surface area contributed by atoms with Gasteiger partial charge in [0.05, 0.1) is 0 Å². The number of likely N-dealkylation sites (N-methyl/N-ethyl adjacent to an activating group) is 1. The van der Waals surface area contributed by atoms with Crippen molar-refractivity contribution in [2.24, 2.45) is 16.8 Å². The average Bonchev–Trinajstić information content (AvgIpc) is 2.70. The molecule has 8 heteroatoms. The van der Waals surface area contributed by atoms with Gasteiger partial charge in [0, 0.05) is 53.1 Å². The summed E-state index contributed by atoms with van der Waals surface area (Å²) in [4.78, 5) is 18.0. The number of halogens is 1. The molecule has 0 aromatic rings. The topological polar surface area (TPSA) is 75.2 Å². The van der Waals surface area contributed by atoms with E-state index in [4.69, 9.17) is 9.47 Å². The number of rotatable bonds is 9. The molecule has 0 aromatic heterocycles. The Kier molecular flexibility index (Phi) is 13.9. The lowest BCUT2D eigenvalue weighted by molar-refractivity contribution is -0.127. The molecule has 2 rings (SSSR count). The van der Waals surface area contributed by atoms with Crippen molar-refractivity contribution in [2.45, 2.75) is 57.9 Å². The summed E-state index contributed by atoms with van der Waals surface area (Å²) >= 11 is 0. The Hall–Kier alpha value is -0.610. The van der Waals surface area contributed by atoms with Crippen molar-refractivity contribution in [1.82, 2.24) is 15.5 Å². The molecular weight excluding hydrogens is 483 g/mol. The van der Waals surface area contributed by atoms with Gasteiger partial charge in [-0.3, -0.25) is 4.79 Å². The molecule has 2 aliphatic rings. The van der Waals surface area contributed by atoms with Gasteiger partial charge in [0.2, 0.25) is 5.91 Å². The lowest BCUT2D eigenvalue weighted by Gasteiger charge is -2.31. The first-order valence-corrected chi connectivity index (χ1v) is 11.0. The van der Waals surface area contributed by atoms with E-state index in [1.165, 1.54) is 19.3 Å². The second kappa shape index (κ2) is 15.2. The maximum atomic E-state index is 11.9. The summed E-state index contributed by atoms with van der Waals surface area (Å²) in [6.07, 6.45) is 8.12. The SMILES string of the molecule is CC1CCCCC1NC(=NCC(=O)N(C)C)NCCCOCC1CCOCC1.I. The van der Waals surface area contributed by atoms with Gasteiger partial charge in [-0.2, -0.15) is 0 Å². The summed E-state index contributed by atoms with van der Waals surface area (Å²) in [5, 5.41) is 6.94. The summed E-state index contributed by atoms with van der Waals surface area (Å²) in [5.41, 5.74) is 0. The minimum absolute atomic E-state index is 0. The minimum Gasteiger partial charge on any atom is -0.381 e. The number of hydrogen-bond donors (Lipinski definition) is 2. The number of guanidine groups is 1. The number of nitrogens with zero attached hydrogens (tertiary/aromatic N) is 2. The van der Waals surface area contributed by atoms with Crippen LogP contribution in [0, 0.1) is 11.8 Å². The number of hydrogen-bond acceptors (Lipinski definition) is 4. The fourth-order valence-electron chi connectivity index (χ4n) is 3.69. The molecule has 0 bridgehead atoms. The largest absolute Gasteiger partial charge is 0.381 e. The predicted molar refractivity (Wildman–Crippen MR) is 128 cm³/mol. The lowest BCUT2D eigenvalue weighted by atomic mass is 9.86. The van der Waals surface area contributed by atoms with Crippen LogP contribution in [-0.4, -0.2) is 76.4 Å². The second-order valence-electron chi connectivity index (χ2n) is 8.38. The molecule has 2 N–H and O–H groups in total. The molecule has 1 aliphatic carbocycles. The van der Waals surface area contributed by atoms with Gasteiger partial charge in [-0.05, 0) is 43.9 Å². The first-order valence-electron chi connectivity index (χ1n) is 11.0. The van der Waals surface area contributed by atoms with Gasteiger partial charge in [0.15, 0.2) is 5.96 Å². The predicted octanol–water partition coefficient (Wildman–Crippen LogP) is 2.64. The van der Waals surface area contributed by atoms with E-state index < -0.39 is 0 Å². The Bertz CT molecular complexity index is 485. The molecular formula is C21H41IN4O3. The van der Waals surface area contributed by atoms with Crippen LogP contribution >= 0.6 is 24.0 Å². The summed E-state index contributed by atoms with van der Waals surface area (Å²) < 4.78 is 11.2. The molecule has 2 unspecified atom stereocenters. The number of carbonyl (C=O) groups is 1. The molecule has 170 valence electrons. The van der Waals surface area contributed by atoms with Crippen LogP contribution in [0.15, 0.2) is 4.99 Å². The fourth-order valence-corrected chi connectivity index (χ4v) is 3.69.